The van der Waals surface area contributed by atoms with Gasteiger partial charge in [0.25, 0.3) is 0 Å². The highest BCUT2D eigenvalue weighted by atomic mass is 32.2. The largest absolute Gasteiger partial charge is 0.352 e. The number of sulfonamides is 1. The van der Waals surface area contributed by atoms with Crippen LogP contribution in [0.1, 0.15) is 37.7 Å². The van der Waals surface area contributed by atoms with Gasteiger partial charge in [0.1, 0.15) is 6.04 Å². The number of piperidine rings is 1. The van der Waals surface area contributed by atoms with E-state index < -0.39 is 16.1 Å². The fourth-order valence-corrected chi connectivity index (χ4v) is 5.29. The summed E-state index contributed by atoms with van der Waals surface area (Å²) < 4.78 is 28.1. The average molecular weight is 454 g/mol. The first-order valence-corrected chi connectivity index (χ1v) is 13.3. The van der Waals surface area contributed by atoms with Gasteiger partial charge in [-0.25, -0.2) is 8.42 Å². The zero-order valence-corrected chi connectivity index (χ0v) is 19.2. The van der Waals surface area contributed by atoms with Crippen LogP contribution in [0.25, 0.3) is 0 Å². The van der Waals surface area contributed by atoms with Crippen LogP contribution < -0.4 is 10.0 Å². The predicted octanol–water partition coefficient (Wildman–Crippen LogP) is 1.91. The maximum atomic E-state index is 12.9. The second-order valence-electron chi connectivity index (χ2n) is 8.15. The van der Waals surface area contributed by atoms with Gasteiger partial charge in [-0.2, -0.15) is 16.5 Å². The Hall–Kier alpha value is -1.58. The molecule has 3 rings (SSSR count). The van der Waals surface area contributed by atoms with E-state index in [-0.39, 0.29) is 28.7 Å². The summed E-state index contributed by atoms with van der Waals surface area (Å²) in [4.78, 5) is 27.1. The number of benzene rings is 1. The Labute approximate surface area is 183 Å². The molecule has 1 heterocycles. The molecule has 2 amide bonds. The van der Waals surface area contributed by atoms with Crippen molar-refractivity contribution in [2.45, 2.75) is 56.0 Å². The number of carbonyl (C=O) groups is 2. The maximum Gasteiger partial charge on any atom is 0.241 e. The fraction of sp³-hybridized carbons (Fsp3) is 0.619. The molecule has 2 N–H and O–H groups in total. The van der Waals surface area contributed by atoms with Gasteiger partial charge in [0.2, 0.25) is 21.8 Å². The second-order valence-corrected chi connectivity index (χ2v) is 10.9. The standard InChI is InChI=1S/C21H31N3O4S2/c1-15-3-7-18(8-4-15)30(27,28)23-19(11-14-29-2)20(25)22-17-9-12-24(13-10-17)21(26)16-5-6-16/h3-4,7-8,16-17,19,23H,5-6,9-14H2,1-2H3,(H,22,25). The summed E-state index contributed by atoms with van der Waals surface area (Å²) in [7, 11) is -3.79. The summed E-state index contributed by atoms with van der Waals surface area (Å²) in [5, 5.41) is 3.00. The van der Waals surface area contributed by atoms with Crippen molar-refractivity contribution in [2.75, 3.05) is 25.1 Å². The van der Waals surface area contributed by atoms with E-state index in [0.717, 1.165) is 18.4 Å². The summed E-state index contributed by atoms with van der Waals surface area (Å²) in [6, 6.07) is 5.71. The second kappa shape index (κ2) is 10.2. The van der Waals surface area contributed by atoms with Crippen molar-refractivity contribution in [1.29, 1.82) is 0 Å². The predicted molar refractivity (Wildman–Crippen MR) is 119 cm³/mol. The molecule has 1 unspecified atom stereocenters. The van der Waals surface area contributed by atoms with Crippen molar-refractivity contribution in [2.24, 2.45) is 5.92 Å². The molecule has 9 heteroatoms. The molecule has 0 spiro atoms. The molecule has 1 aliphatic carbocycles. The molecule has 7 nitrogen and oxygen atoms in total. The highest BCUT2D eigenvalue weighted by Gasteiger charge is 2.35. The van der Waals surface area contributed by atoms with Crippen molar-refractivity contribution in [3.05, 3.63) is 29.8 Å². The van der Waals surface area contributed by atoms with Crippen molar-refractivity contribution in [3.8, 4) is 0 Å². The minimum Gasteiger partial charge on any atom is -0.352 e. The highest BCUT2D eigenvalue weighted by molar-refractivity contribution is 7.98. The van der Waals surface area contributed by atoms with Gasteiger partial charge in [-0.15, -0.1) is 0 Å². The van der Waals surface area contributed by atoms with E-state index >= 15 is 0 Å². The quantitative estimate of drug-likeness (QED) is 0.596. The van der Waals surface area contributed by atoms with E-state index in [4.69, 9.17) is 0 Å². The normalized spacial score (nSPS) is 18.8. The summed E-state index contributed by atoms with van der Waals surface area (Å²) in [5.74, 6) is 0.821. The molecule has 2 aliphatic rings. The molecular formula is C21H31N3O4S2. The van der Waals surface area contributed by atoms with Crippen molar-refractivity contribution in [3.63, 3.8) is 0 Å². The lowest BCUT2D eigenvalue weighted by Crippen LogP contribution is -2.53. The SMILES string of the molecule is CSCCC(NS(=O)(=O)c1ccc(C)cc1)C(=O)NC1CCN(C(=O)C2CC2)CC1. The number of amides is 2. The molecule has 0 bridgehead atoms. The summed E-state index contributed by atoms with van der Waals surface area (Å²) in [6.45, 7) is 3.18. The third-order valence-corrected chi connectivity index (χ3v) is 7.77. The van der Waals surface area contributed by atoms with Crippen LogP contribution in [0.4, 0.5) is 0 Å². The molecule has 1 aromatic carbocycles. The Balaban J connectivity index is 1.58. The molecule has 1 aromatic rings. The zero-order chi connectivity index (χ0) is 21.7. The van der Waals surface area contributed by atoms with Crippen LogP contribution in [-0.2, 0) is 19.6 Å². The Morgan fingerprint density at radius 1 is 1.13 bits per heavy atom. The van der Waals surface area contributed by atoms with E-state index in [0.29, 0.717) is 38.1 Å². The van der Waals surface area contributed by atoms with Crippen molar-refractivity contribution >= 4 is 33.6 Å². The Morgan fingerprint density at radius 2 is 1.77 bits per heavy atom. The summed E-state index contributed by atoms with van der Waals surface area (Å²) >= 11 is 1.57. The lowest BCUT2D eigenvalue weighted by atomic mass is 10.0. The number of nitrogens with one attached hydrogen (secondary N) is 2. The third-order valence-electron chi connectivity index (χ3n) is 5.64. The molecule has 1 atom stereocenters. The van der Waals surface area contributed by atoms with Gasteiger partial charge >= 0.3 is 0 Å². The number of carbonyl (C=O) groups excluding carboxylic acids is 2. The number of hydrogen-bond donors (Lipinski definition) is 2. The van der Waals surface area contributed by atoms with E-state index in [1.165, 1.54) is 0 Å². The molecule has 30 heavy (non-hydrogen) atoms. The lowest BCUT2D eigenvalue weighted by Gasteiger charge is -2.33. The molecule has 0 aromatic heterocycles. The first-order chi connectivity index (χ1) is 14.3. The molecule has 166 valence electrons. The minimum absolute atomic E-state index is 0.0404. The Bertz CT molecular complexity index is 846. The van der Waals surface area contributed by atoms with Gasteiger partial charge < -0.3 is 10.2 Å². The van der Waals surface area contributed by atoms with Gasteiger partial charge in [-0.3, -0.25) is 9.59 Å². The molecular weight excluding hydrogens is 422 g/mol. The zero-order valence-electron chi connectivity index (χ0n) is 17.6. The van der Waals surface area contributed by atoms with Crippen molar-refractivity contribution in [1.82, 2.24) is 14.9 Å². The van der Waals surface area contributed by atoms with Gasteiger partial charge in [0, 0.05) is 25.0 Å². The average Bonchev–Trinajstić information content (AvgIpc) is 3.57. The third kappa shape index (κ3) is 6.21. The van der Waals surface area contributed by atoms with Gasteiger partial charge in [-0.1, -0.05) is 17.7 Å². The van der Waals surface area contributed by atoms with E-state index in [2.05, 4.69) is 10.0 Å². The topological polar surface area (TPSA) is 95.6 Å². The monoisotopic (exact) mass is 453 g/mol. The molecule has 0 radical (unpaired) electrons. The maximum absolute atomic E-state index is 12.9. The Kier molecular flexibility index (Phi) is 7.81. The molecule has 1 saturated carbocycles. The van der Waals surface area contributed by atoms with Crippen LogP contribution in [-0.4, -0.2) is 62.3 Å². The highest BCUT2D eigenvalue weighted by Crippen LogP contribution is 2.31. The first kappa shape index (κ1) is 23.1. The van der Waals surface area contributed by atoms with E-state index in [1.807, 2.05) is 18.1 Å². The number of likely N-dealkylation sites (tertiary alicyclic amines) is 1. The smallest absolute Gasteiger partial charge is 0.241 e. The fourth-order valence-electron chi connectivity index (χ4n) is 3.59. The van der Waals surface area contributed by atoms with Crippen molar-refractivity contribution < 1.29 is 18.0 Å². The molecule has 1 aliphatic heterocycles. The number of hydrogen-bond acceptors (Lipinski definition) is 5. The van der Waals surface area contributed by atoms with Crippen LogP contribution in [0, 0.1) is 12.8 Å². The minimum atomic E-state index is -3.79. The Morgan fingerprint density at radius 3 is 2.33 bits per heavy atom. The van der Waals surface area contributed by atoms with E-state index in [9.17, 15) is 18.0 Å². The number of aryl methyl sites for hydroxylation is 1. The van der Waals surface area contributed by atoms with E-state index in [1.54, 1.807) is 36.0 Å². The first-order valence-electron chi connectivity index (χ1n) is 10.5. The molecule has 2 fully saturated rings. The van der Waals surface area contributed by atoms with Crippen LogP contribution >= 0.6 is 11.8 Å². The summed E-state index contributed by atoms with van der Waals surface area (Å²) in [6.07, 6.45) is 5.73. The van der Waals surface area contributed by atoms with Crippen LogP contribution in [0.3, 0.4) is 0 Å². The lowest BCUT2D eigenvalue weighted by molar-refractivity contribution is -0.133. The number of rotatable bonds is 9. The summed E-state index contributed by atoms with van der Waals surface area (Å²) in [5.41, 5.74) is 0.970. The van der Waals surface area contributed by atoms with Gasteiger partial charge in [0.05, 0.1) is 4.90 Å². The van der Waals surface area contributed by atoms with Gasteiger partial charge in [-0.05, 0) is 63.2 Å². The van der Waals surface area contributed by atoms with Crippen LogP contribution in [0.5, 0.6) is 0 Å². The van der Waals surface area contributed by atoms with Crippen LogP contribution in [0.15, 0.2) is 29.2 Å². The number of nitrogens with zero attached hydrogens (tertiary/aromatic N) is 1. The van der Waals surface area contributed by atoms with Gasteiger partial charge in [0.15, 0.2) is 0 Å². The number of thioether (sulfide) groups is 1. The van der Waals surface area contributed by atoms with Crippen LogP contribution in [0.2, 0.25) is 0 Å². The molecule has 1 saturated heterocycles.